The zero-order valence-electron chi connectivity index (χ0n) is 20.2. The molecule has 3 aromatic rings. The van der Waals surface area contributed by atoms with Gasteiger partial charge in [-0.2, -0.15) is 5.10 Å². The molecule has 0 aromatic heterocycles. The summed E-state index contributed by atoms with van der Waals surface area (Å²) in [7, 11) is 0.395. The largest absolute Gasteiger partial charge is 0.493 e. The Morgan fingerprint density at radius 1 is 1.00 bits per heavy atom. The van der Waals surface area contributed by atoms with E-state index in [4.69, 9.17) is 25.8 Å². The number of nitrogens with zero attached hydrogens (tertiary/aromatic N) is 2. The molecule has 0 radical (unpaired) electrons. The molecule has 1 amide bonds. The van der Waals surface area contributed by atoms with E-state index in [2.05, 4.69) is 10.5 Å². The van der Waals surface area contributed by atoms with E-state index < -0.39 is 22.5 Å². The van der Waals surface area contributed by atoms with Gasteiger partial charge in [0.05, 0.1) is 38.1 Å². The normalized spacial score (nSPS) is 11.2. The molecule has 3 aromatic carbocycles. The molecule has 0 bridgehead atoms. The van der Waals surface area contributed by atoms with Gasteiger partial charge in [-0.15, -0.1) is 0 Å². The number of anilines is 1. The second kappa shape index (κ2) is 11.8. The number of aryl methyl sites for hydroxylation is 1. The van der Waals surface area contributed by atoms with E-state index in [0.29, 0.717) is 27.8 Å². The molecule has 0 atom stereocenters. The van der Waals surface area contributed by atoms with Crippen LogP contribution in [-0.4, -0.2) is 48.4 Å². The average Bonchev–Trinajstić information content (AvgIpc) is 2.88. The van der Waals surface area contributed by atoms with Gasteiger partial charge in [0.25, 0.3) is 15.9 Å². The number of benzene rings is 3. The summed E-state index contributed by atoms with van der Waals surface area (Å²) in [6, 6.07) is 15.9. The van der Waals surface area contributed by atoms with Gasteiger partial charge < -0.3 is 14.2 Å². The van der Waals surface area contributed by atoms with Crippen LogP contribution in [0.15, 0.2) is 70.7 Å². The first-order valence-electron chi connectivity index (χ1n) is 10.7. The lowest BCUT2D eigenvalue weighted by Crippen LogP contribution is -2.39. The van der Waals surface area contributed by atoms with Crippen molar-refractivity contribution in [3.05, 3.63) is 76.8 Å². The van der Waals surface area contributed by atoms with Gasteiger partial charge >= 0.3 is 0 Å². The van der Waals surface area contributed by atoms with Gasteiger partial charge in [0.1, 0.15) is 6.54 Å². The van der Waals surface area contributed by atoms with E-state index in [1.165, 1.54) is 45.7 Å². The molecule has 1 N–H and O–H groups in total. The number of carbonyl (C=O) groups is 1. The standard InChI is InChI=1S/C25H26ClN3O6S/c1-17-10-11-19(14-21(17)26)29(36(31,32)20-8-6-5-7-9-20)16-24(30)28-27-15-18-12-22(33-2)25(35-4)23(13-18)34-3/h5-15H,16H2,1-4H3,(H,28,30)/b27-15+. The Morgan fingerprint density at radius 3 is 2.19 bits per heavy atom. The predicted molar refractivity (Wildman–Crippen MR) is 139 cm³/mol. The zero-order chi connectivity index (χ0) is 26.3. The molecule has 190 valence electrons. The molecular formula is C25H26ClN3O6S. The third kappa shape index (κ3) is 6.07. The van der Waals surface area contributed by atoms with Crippen LogP contribution < -0.4 is 23.9 Å². The average molecular weight is 532 g/mol. The summed E-state index contributed by atoms with van der Waals surface area (Å²) < 4.78 is 43.7. The van der Waals surface area contributed by atoms with Crippen LogP contribution in [0.4, 0.5) is 5.69 Å². The third-order valence-corrected chi connectivity index (χ3v) is 7.35. The Labute approximate surface area is 215 Å². The van der Waals surface area contributed by atoms with Crippen molar-refractivity contribution in [1.29, 1.82) is 0 Å². The van der Waals surface area contributed by atoms with Crippen molar-refractivity contribution >= 4 is 39.4 Å². The number of hydrazone groups is 1. The quantitative estimate of drug-likeness (QED) is 0.313. The molecule has 0 saturated heterocycles. The summed E-state index contributed by atoms with van der Waals surface area (Å²) in [4.78, 5) is 12.8. The molecule has 0 aliphatic rings. The highest BCUT2D eigenvalue weighted by Crippen LogP contribution is 2.37. The monoisotopic (exact) mass is 531 g/mol. The summed E-state index contributed by atoms with van der Waals surface area (Å²) in [6.07, 6.45) is 1.38. The van der Waals surface area contributed by atoms with Crippen LogP contribution in [0.25, 0.3) is 0 Å². The van der Waals surface area contributed by atoms with Gasteiger partial charge in [0, 0.05) is 10.6 Å². The molecule has 0 aliphatic heterocycles. The maximum atomic E-state index is 13.4. The molecule has 0 aliphatic carbocycles. The van der Waals surface area contributed by atoms with E-state index in [9.17, 15) is 13.2 Å². The second-order valence-corrected chi connectivity index (χ2v) is 9.78. The van der Waals surface area contributed by atoms with E-state index >= 15 is 0 Å². The Bertz CT molecular complexity index is 1340. The smallest absolute Gasteiger partial charge is 0.264 e. The molecule has 9 nitrogen and oxygen atoms in total. The Balaban J connectivity index is 1.85. The Morgan fingerprint density at radius 2 is 1.64 bits per heavy atom. The van der Waals surface area contributed by atoms with Crippen LogP contribution in [0.1, 0.15) is 11.1 Å². The fraction of sp³-hybridized carbons (Fsp3) is 0.200. The van der Waals surface area contributed by atoms with Gasteiger partial charge in [0.15, 0.2) is 11.5 Å². The number of nitrogens with one attached hydrogen (secondary N) is 1. The molecule has 0 unspecified atom stereocenters. The van der Waals surface area contributed by atoms with Crippen LogP contribution in [0.5, 0.6) is 17.2 Å². The van der Waals surface area contributed by atoms with Crippen molar-refractivity contribution in [2.45, 2.75) is 11.8 Å². The number of sulfonamides is 1. The Hall–Kier alpha value is -3.76. The summed E-state index contributed by atoms with van der Waals surface area (Å²) in [6.45, 7) is 1.27. The number of ether oxygens (including phenoxy) is 3. The number of halogens is 1. The molecule has 0 saturated carbocycles. The van der Waals surface area contributed by atoms with Crippen molar-refractivity contribution in [3.63, 3.8) is 0 Å². The molecular weight excluding hydrogens is 506 g/mol. The maximum Gasteiger partial charge on any atom is 0.264 e. The first kappa shape index (κ1) is 26.8. The van der Waals surface area contributed by atoms with Gasteiger partial charge in [-0.25, -0.2) is 13.8 Å². The number of hydrogen-bond donors (Lipinski definition) is 1. The fourth-order valence-electron chi connectivity index (χ4n) is 3.29. The molecule has 11 heteroatoms. The lowest BCUT2D eigenvalue weighted by Gasteiger charge is -2.24. The second-order valence-electron chi connectivity index (χ2n) is 7.51. The maximum absolute atomic E-state index is 13.4. The van der Waals surface area contributed by atoms with Gasteiger partial charge in [-0.3, -0.25) is 9.10 Å². The van der Waals surface area contributed by atoms with Crippen molar-refractivity contribution in [1.82, 2.24) is 5.43 Å². The minimum absolute atomic E-state index is 0.0374. The van der Waals surface area contributed by atoms with Crippen molar-refractivity contribution in [2.24, 2.45) is 5.10 Å². The predicted octanol–water partition coefficient (Wildman–Crippen LogP) is 4.02. The summed E-state index contributed by atoms with van der Waals surface area (Å²) in [5.41, 5.74) is 3.95. The van der Waals surface area contributed by atoms with Crippen LogP contribution >= 0.6 is 11.6 Å². The number of amides is 1. The van der Waals surface area contributed by atoms with Crippen LogP contribution in [0.2, 0.25) is 5.02 Å². The van der Waals surface area contributed by atoms with Crippen LogP contribution in [0.3, 0.4) is 0 Å². The van der Waals surface area contributed by atoms with Crippen LogP contribution in [-0.2, 0) is 14.8 Å². The summed E-state index contributed by atoms with van der Waals surface area (Å²) in [5.74, 6) is 0.594. The number of methoxy groups -OCH3 is 3. The molecule has 0 fully saturated rings. The highest BCUT2D eigenvalue weighted by molar-refractivity contribution is 7.92. The van der Waals surface area contributed by atoms with E-state index in [-0.39, 0.29) is 10.6 Å². The van der Waals surface area contributed by atoms with Gasteiger partial charge in [-0.1, -0.05) is 35.9 Å². The fourth-order valence-corrected chi connectivity index (χ4v) is 4.90. The van der Waals surface area contributed by atoms with Gasteiger partial charge in [-0.05, 0) is 48.9 Å². The van der Waals surface area contributed by atoms with E-state index in [1.807, 2.05) is 0 Å². The van der Waals surface area contributed by atoms with Crippen LogP contribution in [0, 0.1) is 6.92 Å². The summed E-state index contributed by atoms with van der Waals surface area (Å²) >= 11 is 6.24. The lowest BCUT2D eigenvalue weighted by molar-refractivity contribution is -0.119. The van der Waals surface area contributed by atoms with Crippen molar-refractivity contribution in [2.75, 3.05) is 32.2 Å². The third-order valence-electron chi connectivity index (χ3n) is 5.15. The van der Waals surface area contributed by atoms with E-state index in [1.54, 1.807) is 49.4 Å². The molecule has 0 heterocycles. The highest BCUT2D eigenvalue weighted by Gasteiger charge is 2.27. The zero-order valence-corrected chi connectivity index (χ0v) is 21.8. The first-order valence-corrected chi connectivity index (χ1v) is 12.5. The number of hydrogen-bond acceptors (Lipinski definition) is 7. The molecule has 3 rings (SSSR count). The molecule has 0 spiro atoms. The minimum Gasteiger partial charge on any atom is -0.493 e. The number of carbonyl (C=O) groups excluding carboxylic acids is 1. The molecule has 36 heavy (non-hydrogen) atoms. The Kier molecular flexibility index (Phi) is 8.78. The SMILES string of the molecule is COc1cc(/C=N/NC(=O)CN(c2ccc(C)c(Cl)c2)S(=O)(=O)c2ccccc2)cc(OC)c1OC. The topological polar surface area (TPSA) is 107 Å². The van der Waals surface area contributed by atoms with Gasteiger partial charge in [0.2, 0.25) is 5.75 Å². The highest BCUT2D eigenvalue weighted by atomic mass is 35.5. The lowest BCUT2D eigenvalue weighted by atomic mass is 10.2. The van der Waals surface area contributed by atoms with Crippen molar-refractivity contribution < 1.29 is 27.4 Å². The van der Waals surface area contributed by atoms with E-state index in [0.717, 1.165) is 9.87 Å². The van der Waals surface area contributed by atoms with Crippen molar-refractivity contribution in [3.8, 4) is 17.2 Å². The number of rotatable bonds is 10. The summed E-state index contributed by atoms with van der Waals surface area (Å²) in [5, 5.41) is 4.33. The first-order chi connectivity index (χ1) is 17.2. The minimum atomic E-state index is -4.07.